The van der Waals surface area contributed by atoms with Gasteiger partial charge in [-0.15, -0.1) is 0 Å². The van der Waals surface area contributed by atoms with E-state index in [1.54, 1.807) is 0 Å². The second-order valence-corrected chi connectivity index (χ2v) is 7.95. The van der Waals surface area contributed by atoms with E-state index in [0.717, 1.165) is 18.4 Å². The molecule has 0 N–H and O–H groups in total. The minimum absolute atomic E-state index is 0.0608. The van der Waals surface area contributed by atoms with Gasteiger partial charge >= 0.3 is 5.97 Å². The molecule has 1 heterocycles. The molecular formula is C21H20INO2. The fourth-order valence-corrected chi connectivity index (χ4v) is 4.33. The number of carbonyl (C=O) groups excluding carboxylic acids is 1. The standard InChI is InChI=1S/C21H20INO2/c1-25-20(24)14-23-13-18(17-5-2-3-6-19(17)23)21(11-4-12-21)15-7-9-16(22)10-8-15/h2-3,5-10,13H,4,11-12,14H2,1H3. The van der Waals surface area contributed by atoms with E-state index in [0.29, 0.717) is 0 Å². The van der Waals surface area contributed by atoms with E-state index in [9.17, 15) is 4.79 Å². The second-order valence-electron chi connectivity index (χ2n) is 6.71. The van der Waals surface area contributed by atoms with Crippen molar-refractivity contribution in [2.45, 2.75) is 31.2 Å². The van der Waals surface area contributed by atoms with Crippen LogP contribution in [0.15, 0.2) is 54.7 Å². The Labute approximate surface area is 161 Å². The Hall–Kier alpha value is -1.82. The molecule has 0 atom stereocenters. The molecule has 0 saturated heterocycles. The number of methoxy groups -OCH3 is 1. The predicted octanol–water partition coefficient (Wildman–Crippen LogP) is 4.89. The van der Waals surface area contributed by atoms with Crippen LogP contribution < -0.4 is 0 Å². The minimum Gasteiger partial charge on any atom is -0.468 e. The summed E-state index contributed by atoms with van der Waals surface area (Å²) in [6.45, 7) is 0.250. The summed E-state index contributed by atoms with van der Waals surface area (Å²) in [7, 11) is 1.44. The van der Waals surface area contributed by atoms with Crippen molar-refractivity contribution in [3.8, 4) is 0 Å². The predicted molar refractivity (Wildman–Crippen MR) is 108 cm³/mol. The lowest BCUT2D eigenvalue weighted by molar-refractivity contribution is -0.141. The topological polar surface area (TPSA) is 31.2 Å². The van der Waals surface area contributed by atoms with E-state index < -0.39 is 0 Å². The van der Waals surface area contributed by atoms with Crippen molar-refractivity contribution in [1.82, 2.24) is 4.57 Å². The molecule has 0 spiro atoms. The van der Waals surface area contributed by atoms with Crippen molar-refractivity contribution in [2.75, 3.05) is 7.11 Å². The van der Waals surface area contributed by atoms with E-state index in [-0.39, 0.29) is 17.9 Å². The Balaban J connectivity index is 1.87. The maximum atomic E-state index is 11.8. The number of hydrogen-bond acceptors (Lipinski definition) is 2. The highest BCUT2D eigenvalue weighted by Crippen LogP contribution is 2.51. The number of ether oxygens (including phenoxy) is 1. The summed E-state index contributed by atoms with van der Waals surface area (Å²) in [5.41, 5.74) is 3.87. The van der Waals surface area contributed by atoms with Crippen LogP contribution in [0.4, 0.5) is 0 Å². The molecule has 1 aliphatic carbocycles. The third-order valence-electron chi connectivity index (χ3n) is 5.44. The molecule has 1 saturated carbocycles. The van der Waals surface area contributed by atoms with Gasteiger partial charge in [0.05, 0.1) is 7.11 Å². The average molecular weight is 445 g/mol. The minimum atomic E-state index is -0.218. The molecule has 0 radical (unpaired) electrons. The molecule has 2 aromatic carbocycles. The normalized spacial score (nSPS) is 15.8. The molecule has 1 aromatic heterocycles. The first kappa shape index (κ1) is 16.6. The van der Waals surface area contributed by atoms with Crippen molar-refractivity contribution in [3.05, 3.63) is 69.4 Å². The highest BCUT2D eigenvalue weighted by molar-refractivity contribution is 14.1. The summed E-state index contributed by atoms with van der Waals surface area (Å²) in [6.07, 6.45) is 5.71. The van der Waals surface area contributed by atoms with Gasteiger partial charge < -0.3 is 9.30 Å². The van der Waals surface area contributed by atoms with Gasteiger partial charge in [-0.1, -0.05) is 36.8 Å². The highest BCUT2D eigenvalue weighted by atomic mass is 127. The molecule has 3 aromatic rings. The van der Waals surface area contributed by atoms with Crippen LogP contribution in [-0.2, 0) is 21.5 Å². The van der Waals surface area contributed by atoms with Crippen molar-refractivity contribution >= 4 is 39.5 Å². The second kappa shape index (κ2) is 6.48. The van der Waals surface area contributed by atoms with E-state index in [2.05, 4.69) is 71.3 Å². The van der Waals surface area contributed by atoms with Crippen LogP contribution in [0.25, 0.3) is 10.9 Å². The van der Waals surface area contributed by atoms with Gasteiger partial charge in [-0.25, -0.2) is 0 Å². The maximum Gasteiger partial charge on any atom is 0.325 e. The molecule has 0 aliphatic heterocycles. The molecule has 4 rings (SSSR count). The highest BCUT2D eigenvalue weighted by Gasteiger charge is 2.42. The fraction of sp³-hybridized carbons (Fsp3) is 0.286. The van der Waals surface area contributed by atoms with Gasteiger partial charge in [0.1, 0.15) is 6.54 Å². The zero-order valence-corrected chi connectivity index (χ0v) is 16.3. The molecule has 0 bridgehead atoms. The van der Waals surface area contributed by atoms with Gasteiger partial charge in [-0.3, -0.25) is 4.79 Å². The Morgan fingerprint density at radius 1 is 1.16 bits per heavy atom. The third kappa shape index (κ3) is 2.76. The summed E-state index contributed by atoms with van der Waals surface area (Å²) >= 11 is 2.35. The summed E-state index contributed by atoms with van der Waals surface area (Å²) in [5, 5.41) is 1.24. The van der Waals surface area contributed by atoms with Crippen molar-refractivity contribution < 1.29 is 9.53 Å². The zero-order chi connectivity index (χ0) is 17.4. The van der Waals surface area contributed by atoms with Crippen molar-refractivity contribution in [1.29, 1.82) is 0 Å². The first-order chi connectivity index (χ1) is 12.1. The average Bonchev–Trinajstić information content (AvgIpc) is 2.95. The van der Waals surface area contributed by atoms with Crippen LogP contribution in [0, 0.1) is 3.57 Å². The molecule has 3 nitrogen and oxygen atoms in total. The van der Waals surface area contributed by atoms with Gasteiger partial charge in [0, 0.05) is 26.1 Å². The monoisotopic (exact) mass is 445 g/mol. The summed E-state index contributed by atoms with van der Waals surface area (Å²) in [4.78, 5) is 11.8. The number of carbonyl (C=O) groups is 1. The van der Waals surface area contributed by atoms with Gasteiger partial charge in [0.25, 0.3) is 0 Å². The number of esters is 1. The molecular weight excluding hydrogens is 425 g/mol. The molecule has 1 fully saturated rings. The first-order valence-corrected chi connectivity index (χ1v) is 9.63. The van der Waals surface area contributed by atoms with Crippen LogP contribution in [0.2, 0.25) is 0 Å². The Morgan fingerprint density at radius 3 is 2.52 bits per heavy atom. The van der Waals surface area contributed by atoms with E-state index in [1.807, 2.05) is 10.6 Å². The first-order valence-electron chi connectivity index (χ1n) is 8.55. The molecule has 128 valence electrons. The van der Waals surface area contributed by atoms with Crippen LogP contribution >= 0.6 is 22.6 Å². The number of aromatic nitrogens is 1. The quantitative estimate of drug-likeness (QED) is 0.423. The number of hydrogen-bond donors (Lipinski definition) is 0. The summed E-state index contributed by atoms with van der Waals surface area (Å²) in [6, 6.07) is 17.2. The Kier molecular flexibility index (Phi) is 4.31. The van der Waals surface area contributed by atoms with Gasteiger partial charge in [-0.05, 0) is 64.8 Å². The lowest BCUT2D eigenvalue weighted by Crippen LogP contribution is -2.35. The number of nitrogens with zero attached hydrogens (tertiary/aromatic N) is 1. The number of benzene rings is 2. The van der Waals surface area contributed by atoms with Crippen LogP contribution in [0.3, 0.4) is 0 Å². The van der Waals surface area contributed by atoms with E-state index in [4.69, 9.17) is 4.74 Å². The Bertz CT molecular complexity index is 923. The van der Waals surface area contributed by atoms with Gasteiger partial charge in [-0.2, -0.15) is 0 Å². The number of fused-ring (bicyclic) bond motifs is 1. The van der Waals surface area contributed by atoms with Gasteiger partial charge in [0.2, 0.25) is 0 Å². The molecule has 0 amide bonds. The van der Waals surface area contributed by atoms with E-state index >= 15 is 0 Å². The third-order valence-corrected chi connectivity index (χ3v) is 6.15. The van der Waals surface area contributed by atoms with Crippen molar-refractivity contribution in [2.24, 2.45) is 0 Å². The largest absolute Gasteiger partial charge is 0.468 e. The lowest BCUT2D eigenvalue weighted by atomic mass is 9.60. The summed E-state index contributed by atoms with van der Waals surface area (Å²) < 4.78 is 8.16. The molecule has 0 unspecified atom stereocenters. The van der Waals surface area contributed by atoms with Crippen LogP contribution in [0.1, 0.15) is 30.4 Å². The molecule has 25 heavy (non-hydrogen) atoms. The zero-order valence-electron chi connectivity index (χ0n) is 14.2. The van der Waals surface area contributed by atoms with Crippen LogP contribution in [0.5, 0.6) is 0 Å². The summed E-state index contributed by atoms with van der Waals surface area (Å²) in [5.74, 6) is -0.218. The number of halogens is 1. The van der Waals surface area contributed by atoms with Gasteiger partial charge in [0.15, 0.2) is 0 Å². The van der Waals surface area contributed by atoms with Crippen LogP contribution in [-0.4, -0.2) is 17.6 Å². The fourth-order valence-electron chi connectivity index (χ4n) is 3.98. The SMILES string of the molecule is COC(=O)Cn1cc(C2(c3ccc(I)cc3)CCC2)c2ccccc21. The van der Waals surface area contributed by atoms with Crippen molar-refractivity contribution in [3.63, 3.8) is 0 Å². The Morgan fingerprint density at radius 2 is 1.88 bits per heavy atom. The lowest BCUT2D eigenvalue weighted by Gasteiger charge is -2.42. The maximum absolute atomic E-state index is 11.8. The molecule has 4 heteroatoms. The number of rotatable bonds is 4. The van der Waals surface area contributed by atoms with E-state index in [1.165, 1.54) is 33.6 Å². The smallest absolute Gasteiger partial charge is 0.325 e. The molecule has 1 aliphatic rings. The number of para-hydroxylation sites is 1.